The number of hydrogen-bond acceptors (Lipinski definition) is 6. The molecule has 0 aliphatic carbocycles. The Labute approximate surface area is 192 Å². The lowest BCUT2D eigenvalue weighted by Crippen LogP contribution is -2.09. The van der Waals surface area contributed by atoms with Crippen LogP contribution in [-0.2, 0) is 11.3 Å². The molecule has 1 heterocycles. The number of esters is 1. The molecule has 0 fully saturated rings. The number of hydrogen-bond donors (Lipinski definition) is 0. The molecule has 0 N–H and O–H groups in total. The fraction of sp³-hybridized carbons (Fsp3) is 0.200. The first-order valence-corrected chi connectivity index (χ1v) is 10.9. The highest BCUT2D eigenvalue weighted by atomic mass is 79.9. The SMILES string of the molecule is CCCOc1c(Br)cc(C(=O)OCc2cc(=O)oc3ccc4ccccc4c23)cc1OC. The second kappa shape index (κ2) is 9.44. The van der Waals surface area contributed by atoms with Crippen LogP contribution in [0.3, 0.4) is 0 Å². The van der Waals surface area contributed by atoms with Gasteiger partial charge in [0, 0.05) is 17.0 Å². The van der Waals surface area contributed by atoms with Crippen molar-refractivity contribution in [1.82, 2.24) is 0 Å². The Morgan fingerprint density at radius 3 is 2.69 bits per heavy atom. The number of fused-ring (bicyclic) bond motifs is 3. The number of rotatable bonds is 7. The molecule has 7 heteroatoms. The van der Waals surface area contributed by atoms with Crippen molar-refractivity contribution in [2.45, 2.75) is 20.0 Å². The predicted molar refractivity (Wildman–Crippen MR) is 126 cm³/mol. The zero-order valence-corrected chi connectivity index (χ0v) is 19.2. The Balaban J connectivity index is 1.65. The lowest BCUT2D eigenvalue weighted by molar-refractivity contribution is 0.0473. The average molecular weight is 497 g/mol. The van der Waals surface area contributed by atoms with Crippen molar-refractivity contribution >= 4 is 43.6 Å². The van der Waals surface area contributed by atoms with Crippen LogP contribution < -0.4 is 15.1 Å². The summed E-state index contributed by atoms with van der Waals surface area (Å²) < 4.78 is 22.6. The van der Waals surface area contributed by atoms with Crippen molar-refractivity contribution in [2.24, 2.45) is 0 Å². The average Bonchev–Trinajstić information content (AvgIpc) is 2.80. The maximum Gasteiger partial charge on any atom is 0.338 e. The lowest BCUT2D eigenvalue weighted by Gasteiger charge is -2.14. The van der Waals surface area contributed by atoms with Crippen molar-refractivity contribution in [3.05, 3.63) is 80.6 Å². The highest BCUT2D eigenvalue weighted by Gasteiger charge is 2.18. The van der Waals surface area contributed by atoms with E-state index in [9.17, 15) is 9.59 Å². The van der Waals surface area contributed by atoms with E-state index < -0.39 is 11.6 Å². The Morgan fingerprint density at radius 2 is 1.91 bits per heavy atom. The van der Waals surface area contributed by atoms with Crippen LogP contribution in [0.4, 0.5) is 0 Å². The summed E-state index contributed by atoms with van der Waals surface area (Å²) in [7, 11) is 1.51. The van der Waals surface area contributed by atoms with E-state index in [4.69, 9.17) is 18.6 Å². The number of carbonyl (C=O) groups is 1. The van der Waals surface area contributed by atoms with Gasteiger partial charge in [0.25, 0.3) is 0 Å². The molecule has 0 saturated carbocycles. The molecule has 3 aromatic carbocycles. The predicted octanol–water partition coefficient (Wildman–Crippen LogP) is 5.86. The molecule has 4 aromatic rings. The Hall–Kier alpha value is -3.32. The summed E-state index contributed by atoms with van der Waals surface area (Å²) >= 11 is 3.44. The molecule has 0 bridgehead atoms. The summed E-state index contributed by atoms with van der Waals surface area (Å²) in [6.45, 7) is 2.45. The van der Waals surface area contributed by atoms with Crippen LogP contribution in [0.1, 0.15) is 29.3 Å². The van der Waals surface area contributed by atoms with E-state index in [2.05, 4.69) is 15.9 Å². The van der Waals surface area contributed by atoms with Crippen LogP contribution >= 0.6 is 15.9 Å². The standard InChI is InChI=1S/C25H21BrO6/c1-3-10-30-24-19(26)11-16(12-21(24)29-2)25(28)31-14-17-13-22(27)32-20-9-8-15-6-4-5-7-18(15)23(17)20/h4-9,11-13H,3,10,14H2,1-2H3. The summed E-state index contributed by atoms with van der Waals surface area (Å²) in [5.74, 6) is 0.410. The van der Waals surface area contributed by atoms with E-state index in [1.807, 2.05) is 37.3 Å². The molecule has 0 aliphatic rings. The Kier molecular flexibility index (Phi) is 6.46. The van der Waals surface area contributed by atoms with Gasteiger partial charge in [-0.3, -0.25) is 0 Å². The van der Waals surface area contributed by atoms with Crippen LogP contribution in [0.25, 0.3) is 21.7 Å². The molecule has 6 nitrogen and oxygen atoms in total. The maximum absolute atomic E-state index is 12.8. The van der Waals surface area contributed by atoms with Gasteiger partial charge < -0.3 is 18.6 Å². The third-order valence-electron chi connectivity index (χ3n) is 4.99. The Bertz CT molecular complexity index is 1360. The quantitative estimate of drug-likeness (QED) is 0.181. The third kappa shape index (κ3) is 4.34. The van der Waals surface area contributed by atoms with E-state index >= 15 is 0 Å². The van der Waals surface area contributed by atoms with E-state index in [1.165, 1.54) is 13.2 Å². The zero-order valence-electron chi connectivity index (χ0n) is 17.6. The van der Waals surface area contributed by atoms with Gasteiger partial charge >= 0.3 is 11.6 Å². The first-order chi connectivity index (χ1) is 15.5. The van der Waals surface area contributed by atoms with Gasteiger partial charge in [0.05, 0.1) is 23.8 Å². The zero-order chi connectivity index (χ0) is 22.7. The normalized spacial score (nSPS) is 11.0. The summed E-state index contributed by atoms with van der Waals surface area (Å²) in [6.07, 6.45) is 0.840. The highest BCUT2D eigenvalue weighted by molar-refractivity contribution is 9.10. The number of methoxy groups -OCH3 is 1. The molecule has 0 unspecified atom stereocenters. The van der Waals surface area contributed by atoms with Crippen molar-refractivity contribution in [1.29, 1.82) is 0 Å². The Morgan fingerprint density at radius 1 is 1.09 bits per heavy atom. The molecule has 0 saturated heterocycles. The number of benzene rings is 3. The van der Waals surface area contributed by atoms with Gasteiger partial charge in [-0.05, 0) is 51.3 Å². The molecule has 0 amide bonds. The minimum absolute atomic E-state index is 0.0804. The van der Waals surface area contributed by atoms with Gasteiger partial charge in [-0.25, -0.2) is 9.59 Å². The molecular weight excluding hydrogens is 476 g/mol. The fourth-order valence-corrected chi connectivity index (χ4v) is 4.10. The van der Waals surface area contributed by atoms with Gasteiger partial charge in [0.2, 0.25) is 0 Å². The van der Waals surface area contributed by atoms with Crippen LogP contribution in [0.15, 0.2) is 68.3 Å². The first-order valence-electron chi connectivity index (χ1n) is 10.1. The molecule has 4 rings (SSSR count). The van der Waals surface area contributed by atoms with Gasteiger partial charge in [0.15, 0.2) is 11.5 Å². The minimum atomic E-state index is -0.548. The van der Waals surface area contributed by atoms with Crippen LogP contribution in [-0.4, -0.2) is 19.7 Å². The molecule has 0 spiro atoms. The monoisotopic (exact) mass is 496 g/mol. The lowest BCUT2D eigenvalue weighted by atomic mass is 10.0. The fourth-order valence-electron chi connectivity index (χ4n) is 3.54. The third-order valence-corrected chi connectivity index (χ3v) is 5.58. The maximum atomic E-state index is 12.8. The first kappa shape index (κ1) is 21.9. The molecule has 0 aliphatic heterocycles. The largest absolute Gasteiger partial charge is 0.493 e. The van der Waals surface area contributed by atoms with Crippen molar-refractivity contribution < 1.29 is 23.4 Å². The van der Waals surface area contributed by atoms with Crippen LogP contribution in [0.2, 0.25) is 0 Å². The van der Waals surface area contributed by atoms with Crippen molar-refractivity contribution in [3.63, 3.8) is 0 Å². The van der Waals surface area contributed by atoms with E-state index in [0.29, 0.717) is 39.3 Å². The smallest absolute Gasteiger partial charge is 0.338 e. The van der Waals surface area contributed by atoms with E-state index in [1.54, 1.807) is 18.2 Å². The molecule has 32 heavy (non-hydrogen) atoms. The second-order valence-electron chi connectivity index (χ2n) is 7.16. The van der Waals surface area contributed by atoms with Crippen molar-refractivity contribution in [3.8, 4) is 11.5 Å². The van der Waals surface area contributed by atoms with Gasteiger partial charge in [0.1, 0.15) is 12.2 Å². The highest BCUT2D eigenvalue weighted by Crippen LogP contribution is 2.37. The molecular formula is C25H21BrO6. The number of halogens is 1. The summed E-state index contributed by atoms with van der Waals surface area (Å²) in [6, 6.07) is 16.0. The van der Waals surface area contributed by atoms with E-state index in [0.717, 1.165) is 22.6 Å². The van der Waals surface area contributed by atoms with Gasteiger partial charge in [-0.2, -0.15) is 0 Å². The summed E-state index contributed by atoms with van der Waals surface area (Å²) in [5, 5.41) is 2.66. The van der Waals surface area contributed by atoms with Crippen LogP contribution in [0, 0.1) is 0 Å². The molecule has 0 radical (unpaired) electrons. The second-order valence-corrected chi connectivity index (χ2v) is 8.02. The molecule has 0 atom stereocenters. The van der Waals surface area contributed by atoms with Crippen molar-refractivity contribution in [2.75, 3.05) is 13.7 Å². The van der Waals surface area contributed by atoms with Gasteiger partial charge in [-0.15, -0.1) is 0 Å². The number of ether oxygens (including phenoxy) is 3. The van der Waals surface area contributed by atoms with E-state index in [-0.39, 0.29) is 6.61 Å². The topological polar surface area (TPSA) is 75.0 Å². The van der Waals surface area contributed by atoms with Crippen LogP contribution in [0.5, 0.6) is 11.5 Å². The van der Waals surface area contributed by atoms with Gasteiger partial charge in [-0.1, -0.05) is 37.3 Å². The number of carbonyl (C=O) groups excluding carboxylic acids is 1. The molecule has 164 valence electrons. The summed E-state index contributed by atoms with van der Waals surface area (Å²) in [4.78, 5) is 24.9. The summed E-state index contributed by atoms with van der Waals surface area (Å²) in [5.41, 5.74) is 0.829. The minimum Gasteiger partial charge on any atom is -0.493 e. The molecule has 1 aromatic heterocycles.